The predicted octanol–water partition coefficient (Wildman–Crippen LogP) is 11.8. The minimum atomic E-state index is -0.0996. The van der Waals surface area contributed by atoms with Crippen LogP contribution in [0.1, 0.15) is 233 Å². The first-order chi connectivity index (χ1) is 26.8. The maximum Gasteiger partial charge on any atom is 0.308 e. The van der Waals surface area contributed by atoms with Crippen LogP contribution in [0.5, 0.6) is 0 Å². The van der Waals surface area contributed by atoms with Crippen LogP contribution < -0.4 is 4.90 Å². The molecule has 2 atom stereocenters. The van der Waals surface area contributed by atoms with Crippen LogP contribution in [-0.4, -0.2) is 69.7 Å². The summed E-state index contributed by atoms with van der Waals surface area (Å²) in [6, 6.07) is 0. The minimum Gasteiger partial charge on any atom is -0.464 e. The van der Waals surface area contributed by atoms with Gasteiger partial charge in [-0.05, 0) is 25.7 Å². The molecule has 7 heteroatoms. The van der Waals surface area contributed by atoms with E-state index in [9.17, 15) is 14.4 Å². The Hall–Kier alpha value is -1.63. The van der Waals surface area contributed by atoms with E-state index in [1.54, 1.807) is 4.90 Å². The summed E-state index contributed by atoms with van der Waals surface area (Å²) in [6.45, 7) is 11.0. The molecule has 0 saturated carbocycles. The Balaban J connectivity index is 5.25. The predicted molar refractivity (Wildman–Crippen MR) is 234 cm³/mol. The fraction of sp³-hybridized carbons (Fsp3) is 0.938. The minimum absolute atomic E-state index is 0.0479. The van der Waals surface area contributed by atoms with E-state index in [0.717, 1.165) is 64.3 Å². The standard InChI is InChI=1S/C48H94N2O5/c1-7-11-15-19-23-27-31-36-44(34-29-25-21-17-13-9-3)47(52)54-42-40-50(46(51)38-33-39-49(5)6)41-43-55-48(53)45(35-30-26-22-18-14-10-4)37-32-28-24-20-16-12-8-2/h44-45H,7-43H2,1-6H3/p+1. The van der Waals surface area contributed by atoms with Crippen molar-refractivity contribution >= 4 is 17.8 Å². The summed E-state index contributed by atoms with van der Waals surface area (Å²) in [4.78, 5) is 43.4. The van der Waals surface area contributed by atoms with Crippen molar-refractivity contribution in [2.75, 3.05) is 46.9 Å². The lowest BCUT2D eigenvalue weighted by atomic mass is 9.94. The van der Waals surface area contributed by atoms with Crippen molar-refractivity contribution in [1.82, 2.24) is 4.90 Å². The van der Waals surface area contributed by atoms with Gasteiger partial charge in [-0.25, -0.2) is 0 Å². The van der Waals surface area contributed by atoms with Gasteiger partial charge in [0, 0.05) is 12.8 Å². The molecule has 0 aromatic heterocycles. The van der Waals surface area contributed by atoms with Gasteiger partial charge in [0.05, 0.1) is 45.6 Å². The molecule has 0 aliphatic rings. The summed E-state index contributed by atoms with van der Waals surface area (Å²) in [7, 11) is 4.20. The molecule has 55 heavy (non-hydrogen) atoms. The molecule has 0 aliphatic carbocycles. The van der Waals surface area contributed by atoms with Crippen molar-refractivity contribution < 1.29 is 28.8 Å². The van der Waals surface area contributed by atoms with Crippen LogP contribution in [0.25, 0.3) is 0 Å². The summed E-state index contributed by atoms with van der Waals surface area (Å²) in [6.07, 6.45) is 36.7. The molecule has 326 valence electrons. The highest BCUT2D eigenvalue weighted by Gasteiger charge is 2.23. The molecule has 0 aromatic rings. The molecular formula is C48H95N2O5+. The number of hydrogen-bond acceptors (Lipinski definition) is 5. The second-order valence-corrected chi connectivity index (χ2v) is 17.1. The van der Waals surface area contributed by atoms with Gasteiger partial charge in [-0.1, -0.05) is 195 Å². The summed E-state index contributed by atoms with van der Waals surface area (Å²) in [5.74, 6) is -0.272. The van der Waals surface area contributed by atoms with Gasteiger partial charge in [-0.15, -0.1) is 0 Å². The van der Waals surface area contributed by atoms with Crippen molar-refractivity contribution in [3.63, 3.8) is 0 Å². The third-order valence-electron chi connectivity index (χ3n) is 11.4. The number of rotatable bonds is 42. The lowest BCUT2D eigenvalue weighted by Crippen LogP contribution is -3.05. The maximum atomic E-state index is 13.4. The van der Waals surface area contributed by atoms with E-state index in [1.165, 1.54) is 146 Å². The first-order valence-electron chi connectivity index (χ1n) is 24.2. The van der Waals surface area contributed by atoms with Gasteiger partial charge in [0.25, 0.3) is 0 Å². The third kappa shape index (κ3) is 34.2. The molecule has 0 aromatic carbocycles. The van der Waals surface area contributed by atoms with E-state index in [2.05, 4.69) is 41.8 Å². The zero-order chi connectivity index (χ0) is 40.6. The summed E-state index contributed by atoms with van der Waals surface area (Å²) in [5, 5.41) is 0. The van der Waals surface area contributed by atoms with Gasteiger partial charge >= 0.3 is 11.9 Å². The normalized spacial score (nSPS) is 12.6. The number of ether oxygens (including phenoxy) is 2. The van der Waals surface area contributed by atoms with E-state index in [-0.39, 0.29) is 42.9 Å². The van der Waals surface area contributed by atoms with Crippen LogP contribution >= 0.6 is 0 Å². The van der Waals surface area contributed by atoms with Gasteiger partial charge in [-0.3, -0.25) is 14.4 Å². The van der Waals surface area contributed by atoms with Crippen LogP contribution in [0.15, 0.2) is 0 Å². The molecule has 0 rings (SSSR count). The Morgan fingerprint density at radius 3 is 1.02 bits per heavy atom. The second-order valence-electron chi connectivity index (χ2n) is 17.1. The molecule has 1 N–H and O–H groups in total. The zero-order valence-corrected chi connectivity index (χ0v) is 37.8. The number of esters is 2. The van der Waals surface area contributed by atoms with Crippen molar-refractivity contribution in [1.29, 1.82) is 0 Å². The Bertz CT molecular complexity index is 809. The van der Waals surface area contributed by atoms with E-state index >= 15 is 0 Å². The summed E-state index contributed by atoms with van der Waals surface area (Å²) < 4.78 is 11.8. The molecule has 2 unspecified atom stereocenters. The molecule has 0 radical (unpaired) electrons. The Morgan fingerprint density at radius 2 is 0.727 bits per heavy atom. The van der Waals surface area contributed by atoms with Crippen molar-refractivity contribution in [2.45, 2.75) is 233 Å². The molecular weight excluding hydrogens is 685 g/mol. The number of hydrogen-bond donors (Lipinski definition) is 1. The van der Waals surface area contributed by atoms with Crippen LogP contribution in [0.4, 0.5) is 0 Å². The van der Waals surface area contributed by atoms with E-state index < -0.39 is 0 Å². The van der Waals surface area contributed by atoms with Crippen LogP contribution in [0, 0.1) is 11.8 Å². The molecule has 1 amide bonds. The summed E-state index contributed by atoms with van der Waals surface area (Å²) in [5.41, 5.74) is 0. The van der Waals surface area contributed by atoms with Crippen molar-refractivity contribution in [2.24, 2.45) is 11.8 Å². The highest BCUT2D eigenvalue weighted by atomic mass is 16.5. The Morgan fingerprint density at radius 1 is 0.436 bits per heavy atom. The SMILES string of the molecule is CCCCCCCCCC(CCCCCCCC)C(=O)OCCN(CCOC(=O)C(CCCCCCCC)CCCCCCCCC)C(=O)CCC[NH+](C)C. The molecule has 0 heterocycles. The Labute approximate surface area is 342 Å². The highest BCUT2D eigenvalue weighted by Crippen LogP contribution is 2.23. The van der Waals surface area contributed by atoms with Crippen LogP contribution in [0.3, 0.4) is 0 Å². The Kier molecular flexibility index (Phi) is 39.4. The van der Waals surface area contributed by atoms with Crippen LogP contribution in [-0.2, 0) is 23.9 Å². The van der Waals surface area contributed by atoms with E-state index in [0.29, 0.717) is 19.5 Å². The van der Waals surface area contributed by atoms with Gasteiger partial charge in [0.15, 0.2) is 0 Å². The van der Waals surface area contributed by atoms with Gasteiger partial charge < -0.3 is 19.3 Å². The number of nitrogens with zero attached hydrogens (tertiary/aromatic N) is 1. The first kappa shape index (κ1) is 53.4. The number of quaternary nitrogens is 1. The average molecular weight is 780 g/mol. The maximum absolute atomic E-state index is 13.4. The first-order valence-corrected chi connectivity index (χ1v) is 24.2. The largest absolute Gasteiger partial charge is 0.464 e. The summed E-state index contributed by atoms with van der Waals surface area (Å²) >= 11 is 0. The molecule has 7 nitrogen and oxygen atoms in total. The molecule has 0 saturated heterocycles. The van der Waals surface area contributed by atoms with E-state index in [1.807, 2.05) is 0 Å². The van der Waals surface area contributed by atoms with Crippen LogP contribution in [0.2, 0.25) is 0 Å². The molecule has 0 fully saturated rings. The number of carbonyl (C=O) groups excluding carboxylic acids is 3. The number of unbranched alkanes of at least 4 members (excludes halogenated alkanes) is 22. The number of nitrogens with one attached hydrogen (secondary N) is 1. The molecule has 0 bridgehead atoms. The van der Waals surface area contributed by atoms with Gasteiger partial charge in [-0.2, -0.15) is 0 Å². The lowest BCUT2D eigenvalue weighted by molar-refractivity contribution is -0.858. The number of amides is 1. The van der Waals surface area contributed by atoms with Gasteiger partial charge in [0.2, 0.25) is 5.91 Å². The average Bonchev–Trinajstić information content (AvgIpc) is 3.17. The molecule has 0 aliphatic heterocycles. The second kappa shape index (κ2) is 40.6. The smallest absolute Gasteiger partial charge is 0.308 e. The fourth-order valence-electron chi connectivity index (χ4n) is 7.66. The lowest BCUT2D eigenvalue weighted by Gasteiger charge is -2.24. The third-order valence-corrected chi connectivity index (χ3v) is 11.4. The van der Waals surface area contributed by atoms with E-state index in [4.69, 9.17) is 9.47 Å². The monoisotopic (exact) mass is 780 g/mol. The fourth-order valence-corrected chi connectivity index (χ4v) is 7.66. The van der Waals surface area contributed by atoms with Crippen molar-refractivity contribution in [3.8, 4) is 0 Å². The highest BCUT2D eigenvalue weighted by molar-refractivity contribution is 5.76. The quantitative estimate of drug-likeness (QED) is 0.0493. The topological polar surface area (TPSA) is 77.3 Å². The van der Waals surface area contributed by atoms with Crippen molar-refractivity contribution in [3.05, 3.63) is 0 Å². The molecule has 0 spiro atoms. The zero-order valence-electron chi connectivity index (χ0n) is 37.8. The number of carbonyl (C=O) groups is 3. The van der Waals surface area contributed by atoms with Gasteiger partial charge in [0.1, 0.15) is 13.2 Å².